The largest absolute Gasteiger partial charge is 0.0683 e. The van der Waals surface area contributed by atoms with E-state index in [0.29, 0.717) is 0 Å². The summed E-state index contributed by atoms with van der Waals surface area (Å²) in [4.78, 5) is 0. The summed E-state index contributed by atoms with van der Waals surface area (Å²) >= 11 is 0. The molecular formula is C21H44. The van der Waals surface area contributed by atoms with E-state index in [0.717, 1.165) is 6.42 Å². The quantitative estimate of drug-likeness (QED) is 0.491. The molecule has 0 atom stereocenters. The fourth-order valence-electron chi connectivity index (χ4n) is 1.40. The van der Waals surface area contributed by atoms with E-state index < -0.39 is 0 Å². The van der Waals surface area contributed by atoms with Crippen LogP contribution in [0.2, 0.25) is 0 Å². The van der Waals surface area contributed by atoms with Gasteiger partial charge in [-0.3, -0.25) is 0 Å². The predicted molar refractivity (Wildman–Crippen MR) is 105 cm³/mol. The van der Waals surface area contributed by atoms with Crippen LogP contribution in [0.15, 0.2) is 12.1 Å². The van der Waals surface area contributed by atoms with Gasteiger partial charge in [0.1, 0.15) is 0 Å². The van der Waals surface area contributed by atoms with Crippen LogP contribution in [0.25, 0.3) is 0 Å². The van der Waals surface area contributed by atoms with E-state index in [1.807, 2.05) is 27.7 Å². The molecule has 0 unspecified atom stereocenters. The normalized spacial score (nSPS) is 7.62. The SMILES string of the molecule is CC.CC.CCC.CCC.CCc1ccc(C)c(C)c1C. The molecule has 21 heavy (non-hydrogen) atoms. The van der Waals surface area contributed by atoms with Crippen molar-refractivity contribution in [2.75, 3.05) is 0 Å². The molecule has 0 fully saturated rings. The Morgan fingerprint density at radius 3 is 1.24 bits per heavy atom. The average molecular weight is 297 g/mol. The molecule has 0 aliphatic rings. The second kappa shape index (κ2) is 24.3. The van der Waals surface area contributed by atoms with Crippen molar-refractivity contribution in [1.82, 2.24) is 0 Å². The van der Waals surface area contributed by atoms with Crippen LogP contribution < -0.4 is 0 Å². The van der Waals surface area contributed by atoms with Crippen LogP contribution in [0.5, 0.6) is 0 Å². The molecule has 0 heteroatoms. The first-order chi connectivity index (χ1) is 9.99. The molecule has 0 aliphatic heterocycles. The summed E-state index contributed by atoms with van der Waals surface area (Å²) in [6.07, 6.45) is 3.65. The standard InChI is InChI=1S/C11H16.2C3H8.2C2H6/c1-5-11-7-6-8(2)9(3)10(11)4;2*1-3-2;2*1-2/h6-7H,5H2,1-4H3;2*3H2,1-2H3;2*1-2H3. The van der Waals surface area contributed by atoms with E-state index in [1.54, 1.807) is 0 Å². The minimum atomic E-state index is 1.15. The average Bonchev–Trinajstić information content (AvgIpc) is 2.51. The monoisotopic (exact) mass is 296 g/mol. The maximum Gasteiger partial charge on any atom is -0.0305 e. The van der Waals surface area contributed by atoms with Gasteiger partial charge in [-0.25, -0.2) is 0 Å². The van der Waals surface area contributed by atoms with Crippen molar-refractivity contribution < 1.29 is 0 Å². The van der Waals surface area contributed by atoms with Crippen molar-refractivity contribution >= 4 is 0 Å². The molecule has 0 aromatic heterocycles. The molecule has 0 spiro atoms. The number of hydrogen-bond acceptors (Lipinski definition) is 0. The van der Waals surface area contributed by atoms with Gasteiger partial charge in [0.2, 0.25) is 0 Å². The van der Waals surface area contributed by atoms with E-state index in [1.165, 1.54) is 35.1 Å². The molecule has 0 bridgehead atoms. The first kappa shape index (κ1) is 28.4. The van der Waals surface area contributed by atoms with Gasteiger partial charge in [0.15, 0.2) is 0 Å². The summed E-state index contributed by atoms with van der Waals surface area (Å²) in [7, 11) is 0. The zero-order valence-corrected chi connectivity index (χ0v) is 17.3. The van der Waals surface area contributed by atoms with E-state index >= 15 is 0 Å². The zero-order chi connectivity index (χ0) is 17.8. The third kappa shape index (κ3) is 17.2. The molecule has 0 N–H and O–H groups in total. The van der Waals surface area contributed by atoms with Gasteiger partial charge in [-0.2, -0.15) is 0 Å². The van der Waals surface area contributed by atoms with Crippen LogP contribution in [-0.4, -0.2) is 0 Å². The molecule has 1 aromatic rings. The van der Waals surface area contributed by atoms with Gasteiger partial charge in [-0.1, -0.05) is 87.3 Å². The highest BCUT2D eigenvalue weighted by molar-refractivity contribution is 5.38. The molecule has 0 saturated carbocycles. The van der Waals surface area contributed by atoms with Gasteiger partial charge in [0, 0.05) is 0 Å². The Balaban J connectivity index is -0.000000121. The summed E-state index contributed by atoms with van der Waals surface area (Å²) in [5, 5.41) is 0. The van der Waals surface area contributed by atoms with Gasteiger partial charge in [-0.05, 0) is 49.4 Å². The van der Waals surface area contributed by atoms with E-state index in [2.05, 4.69) is 67.5 Å². The van der Waals surface area contributed by atoms with Crippen LogP contribution >= 0.6 is 0 Å². The van der Waals surface area contributed by atoms with Crippen LogP contribution in [0.4, 0.5) is 0 Å². The van der Waals surface area contributed by atoms with Gasteiger partial charge in [0.05, 0.1) is 0 Å². The van der Waals surface area contributed by atoms with Gasteiger partial charge < -0.3 is 0 Å². The predicted octanol–water partition coefficient (Wildman–Crippen LogP) is 8.06. The minimum absolute atomic E-state index is 1.15. The summed E-state index contributed by atoms with van der Waals surface area (Å²) in [6.45, 7) is 25.3. The van der Waals surface area contributed by atoms with E-state index in [4.69, 9.17) is 0 Å². The fourth-order valence-corrected chi connectivity index (χ4v) is 1.40. The Bertz CT molecular complexity index is 282. The van der Waals surface area contributed by atoms with Crippen LogP contribution in [-0.2, 0) is 6.42 Å². The lowest BCUT2D eigenvalue weighted by molar-refractivity contribution is 1.08. The molecule has 0 nitrogen and oxygen atoms in total. The number of aryl methyl sites for hydroxylation is 2. The lowest BCUT2D eigenvalue weighted by Crippen LogP contribution is -1.92. The first-order valence-corrected chi connectivity index (χ1v) is 9.05. The van der Waals surface area contributed by atoms with Crippen LogP contribution in [0.3, 0.4) is 0 Å². The Morgan fingerprint density at radius 2 is 0.952 bits per heavy atom. The third-order valence-electron chi connectivity index (χ3n) is 2.55. The molecule has 0 heterocycles. The Morgan fingerprint density at radius 1 is 0.619 bits per heavy atom. The van der Waals surface area contributed by atoms with E-state index in [9.17, 15) is 0 Å². The van der Waals surface area contributed by atoms with Crippen molar-refractivity contribution in [3.8, 4) is 0 Å². The highest BCUT2D eigenvalue weighted by Crippen LogP contribution is 2.16. The van der Waals surface area contributed by atoms with Crippen molar-refractivity contribution in [2.24, 2.45) is 0 Å². The summed E-state index contributed by atoms with van der Waals surface area (Å²) in [5.74, 6) is 0. The van der Waals surface area contributed by atoms with E-state index in [-0.39, 0.29) is 0 Å². The molecule has 0 aliphatic carbocycles. The summed E-state index contributed by atoms with van der Waals surface area (Å²) in [5.41, 5.74) is 5.80. The van der Waals surface area contributed by atoms with Crippen molar-refractivity contribution in [3.05, 3.63) is 34.4 Å². The molecule has 1 aromatic carbocycles. The second-order valence-corrected chi connectivity index (χ2v) is 4.56. The molecule has 0 amide bonds. The smallest absolute Gasteiger partial charge is 0.0305 e. The maximum absolute atomic E-state index is 2.23. The zero-order valence-electron chi connectivity index (χ0n) is 17.3. The lowest BCUT2D eigenvalue weighted by atomic mass is 9.98. The Hall–Kier alpha value is -0.780. The fraction of sp³-hybridized carbons (Fsp3) is 0.714. The van der Waals surface area contributed by atoms with Crippen LogP contribution in [0, 0.1) is 20.8 Å². The first-order valence-electron chi connectivity index (χ1n) is 9.05. The highest BCUT2D eigenvalue weighted by Gasteiger charge is 2.00. The lowest BCUT2D eigenvalue weighted by Gasteiger charge is -2.08. The topological polar surface area (TPSA) is 0 Å². The van der Waals surface area contributed by atoms with Crippen molar-refractivity contribution in [3.63, 3.8) is 0 Å². The Kier molecular flexibility index (Phi) is 32.8. The van der Waals surface area contributed by atoms with Crippen LogP contribution in [0.1, 0.15) is 97.4 Å². The third-order valence-corrected chi connectivity index (χ3v) is 2.55. The van der Waals surface area contributed by atoms with Crippen molar-refractivity contribution in [2.45, 2.75) is 102 Å². The summed E-state index contributed by atoms with van der Waals surface area (Å²) < 4.78 is 0. The van der Waals surface area contributed by atoms with Gasteiger partial charge in [0.25, 0.3) is 0 Å². The van der Waals surface area contributed by atoms with Gasteiger partial charge >= 0.3 is 0 Å². The van der Waals surface area contributed by atoms with Gasteiger partial charge in [-0.15, -0.1) is 0 Å². The number of rotatable bonds is 1. The second-order valence-electron chi connectivity index (χ2n) is 4.56. The number of benzene rings is 1. The number of hydrogen-bond donors (Lipinski definition) is 0. The summed E-state index contributed by atoms with van der Waals surface area (Å²) in [6, 6.07) is 4.44. The molecular weight excluding hydrogens is 252 g/mol. The molecule has 0 radical (unpaired) electrons. The van der Waals surface area contributed by atoms with Crippen molar-refractivity contribution in [1.29, 1.82) is 0 Å². The minimum Gasteiger partial charge on any atom is -0.0683 e. The molecule has 128 valence electrons. The highest BCUT2D eigenvalue weighted by atomic mass is 14.1. The maximum atomic E-state index is 2.23. The Labute approximate surface area is 137 Å². The molecule has 1 rings (SSSR count). The molecule has 0 saturated heterocycles.